The maximum absolute atomic E-state index is 13.7. The zero-order valence-electron chi connectivity index (χ0n) is 23.9. The number of hydrogen-bond donors (Lipinski definition) is 3. The van der Waals surface area contributed by atoms with E-state index < -0.39 is 29.9 Å². The fraction of sp³-hybridized carbons (Fsp3) is 0.273. The van der Waals surface area contributed by atoms with Gasteiger partial charge < -0.3 is 25.8 Å². The molecule has 218 valence electrons. The maximum atomic E-state index is 13.7. The smallest absolute Gasteiger partial charge is 0.250 e. The number of nitrogens with zero attached hydrogens (tertiary/aromatic N) is 2. The molecule has 0 aliphatic carbocycles. The quantitative estimate of drug-likeness (QED) is 0.311. The van der Waals surface area contributed by atoms with Gasteiger partial charge in [-0.15, -0.1) is 0 Å². The van der Waals surface area contributed by atoms with Crippen LogP contribution in [0.4, 0.5) is 0 Å². The van der Waals surface area contributed by atoms with Crippen molar-refractivity contribution in [1.29, 1.82) is 0 Å². The van der Waals surface area contributed by atoms with Crippen molar-refractivity contribution in [3.63, 3.8) is 0 Å². The molecule has 0 aromatic heterocycles. The minimum Gasteiger partial charge on any atom is -0.345 e. The maximum Gasteiger partial charge on any atom is 0.250 e. The average molecular weight is 568 g/mol. The molecular weight excluding hydrogens is 530 g/mol. The van der Waals surface area contributed by atoms with E-state index in [0.717, 1.165) is 16.7 Å². The van der Waals surface area contributed by atoms with Crippen LogP contribution in [0.1, 0.15) is 23.6 Å². The van der Waals surface area contributed by atoms with Crippen molar-refractivity contribution >= 4 is 23.6 Å². The van der Waals surface area contributed by atoms with Crippen LogP contribution in [0.2, 0.25) is 0 Å². The molecule has 3 aromatic carbocycles. The first kappa shape index (κ1) is 30.2. The molecule has 3 N–H and O–H groups in total. The zero-order valence-corrected chi connectivity index (χ0v) is 23.9. The van der Waals surface area contributed by atoms with Crippen LogP contribution in [0, 0.1) is 0 Å². The zero-order chi connectivity index (χ0) is 29.9. The predicted molar refractivity (Wildman–Crippen MR) is 161 cm³/mol. The lowest BCUT2D eigenvalue weighted by atomic mass is 10.0. The first-order valence-electron chi connectivity index (χ1n) is 14.0. The Labute approximate surface area is 246 Å². The number of nitrogens with one attached hydrogen (secondary N) is 3. The number of amides is 4. The molecule has 1 aliphatic rings. The van der Waals surface area contributed by atoms with Gasteiger partial charge in [0.05, 0.1) is 19.1 Å². The molecule has 1 aliphatic heterocycles. The number of carbonyl (C=O) groups is 4. The minimum atomic E-state index is -0.886. The van der Waals surface area contributed by atoms with Crippen molar-refractivity contribution < 1.29 is 19.2 Å². The summed E-state index contributed by atoms with van der Waals surface area (Å²) < 4.78 is 0. The molecule has 4 amide bonds. The average Bonchev–Trinajstić information content (AvgIpc) is 3.02. The van der Waals surface area contributed by atoms with Gasteiger partial charge in [0.2, 0.25) is 23.6 Å². The Morgan fingerprint density at radius 2 is 1.36 bits per heavy atom. The predicted octanol–water partition coefficient (Wildman–Crippen LogP) is 2.39. The summed E-state index contributed by atoms with van der Waals surface area (Å²) in [5, 5.41) is 8.34. The number of carbonyl (C=O) groups excluding carboxylic acids is 4. The summed E-state index contributed by atoms with van der Waals surface area (Å²) in [6.45, 7) is 1.75. The summed E-state index contributed by atoms with van der Waals surface area (Å²) >= 11 is 0. The molecule has 3 atom stereocenters. The Hall–Kier alpha value is -4.76. The van der Waals surface area contributed by atoms with Gasteiger partial charge in [-0.1, -0.05) is 91.0 Å². The Bertz CT molecular complexity index is 1380. The molecule has 1 heterocycles. The second-order valence-electron chi connectivity index (χ2n) is 10.2. The van der Waals surface area contributed by atoms with Gasteiger partial charge in [-0.3, -0.25) is 19.2 Å². The van der Waals surface area contributed by atoms with E-state index in [2.05, 4.69) is 16.0 Å². The van der Waals surface area contributed by atoms with Gasteiger partial charge in [0.25, 0.3) is 0 Å². The second kappa shape index (κ2) is 14.7. The Morgan fingerprint density at radius 3 is 1.95 bits per heavy atom. The highest BCUT2D eigenvalue weighted by Gasteiger charge is 2.35. The van der Waals surface area contributed by atoms with E-state index in [-0.39, 0.29) is 24.8 Å². The first-order valence-corrected chi connectivity index (χ1v) is 14.0. The van der Waals surface area contributed by atoms with E-state index >= 15 is 0 Å². The van der Waals surface area contributed by atoms with Gasteiger partial charge in [-0.25, -0.2) is 0 Å². The van der Waals surface area contributed by atoms with Gasteiger partial charge in [0.1, 0.15) is 12.1 Å². The lowest BCUT2D eigenvalue weighted by Crippen LogP contribution is -2.56. The molecule has 0 spiro atoms. The SMILES string of the molecule is CN[C@@H](C)C(=O)N[C@@H](Cc1ccccc1)C(=O)NCC(=O)N1C=CN(Cc2ccccc2)C(=O)[C@@H]1Cc1ccccc1. The number of rotatable bonds is 12. The van der Waals surface area contributed by atoms with Crippen molar-refractivity contribution in [3.8, 4) is 0 Å². The van der Waals surface area contributed by atoms with Crippen molar-refractivity contribution in [2.45, 2.75) is 44.4 Å². The highest BCUT2D eigenvalue weighted by molar-refractivity contribution is 5.94. The van der Waals surface area contributed by atoms with Crippen molar-refractivity contribution in [1.82, 2.24) is 25.8 Å². The summed E-state index contributed by atoms with van der Waals surface area (Å²) in [5.41, 5.74) is 2.75. The third-order valence-corrected chi connectivity index (χ3v) is 7.22. The second-order valence-corrected chi connectivity index (χ2v) is 10.2. The number of likely N-dealkylation sites (N-methyl/N-ethyl adjacent to an activating group) is 1. The largest absolute Gasteiger partial charge is 0.345 e. The van der Waals surface area contributed by atoms with Crippen LogP contribution in [-0.4, -0.2) is 65.1 Å². The highest BCUT2D eigenvalue weighted by atomic mass is 16.2. The molecule has 0 unspecified atom stereocenters. The molecule has 4 rings (SSSR count). The normalized spacial score (nSPS) is 16.0. The summed E-state index contributed by atoms with van der Waals surface area (Å²) in [5.74, 6) is -1.45. The number of hydrogen-bond acceptors (Lipinski definition) is 5. The van der Waals surface area contributed by atoms with E-state index in [9.17, 15) is 19.2 Å². The first-order chi connectivity index (χ1) is 20.4. The van der Waals surface area contributed by atoms with E-state index in [1.807, 2.05) is 91.0 Å². The van der Waals surface area contributed by atoms with Gasteiger partial charge in [0, 0.05) is 25.2 Å². The van der Waals surface area contributed by atoms with Crippen molar-refractivity contribution in [2.24, 2.45) is 0 Å². The molecule has 0 radical (unpaired) electrons. The van der Waals surface area contributed by atoms with Crippen LogP contribution in [0.5, 0.6) is 0 Å². The van der Waals surface area contributed by atoms with Gasteiger partial charge in [0.15, 0.2) is 0 Å². The third kappa shape index (κ3) is 8.14. The van der Waals surface area contributed by atoms with E-state index in [0.29, 0.717) is 13.0 Å². The minimum absolute atomic E-state index is 0.208. The molecule has 0 saturated carbocycles. The molecule has 0 fully saturated rings. The van der Waals surface area contributed by atoms with Gasteiger partial charge >= 0.3 is 0 Å². The molecular formula is C33H37N5O4. The van der Waals surface area contributed by atoms with E-state index in [4.69, 9.17) is 0 Å². The highest BCUT2D eigenvalue weighted by Crippen LogP contribution is 2.20. The van der Waals surface area contributed by atoms with Gasteiger partial charge in [-0.2, -0.15) is 0 Å². The Morgan fingerprint density at radius 1 is 0.786 bits per heavy atom. The van der Waals surface area contributed by atoms with Gasteiger partial charge in [-0.05, 0) is 30.7 Å². The summed E-state index contributed by atoms with van der Waals surface area (Å²) in [4.78, 5) is 56.0. The molecule has 42 heavy (non-hydrogen) atoms. The Kier molecular flexibility index (Phi) is 10.6. The molecule has 0 bridgehead atoms. The fourth-order valence-electron chi connectivity index (χ4n) is 4.69. The summed E-state index contributed by atoms with van der Waals surface area (Å²) in [6.07, 6.45) is 3.79. The molecule has 3 aromatic rings. The van der Waals surface area contributed by atoms with Crippen LogP contribution in [-0.2, 0) is 38.6 Å². The molecule has 9 heteroatoms. The lowest BCUT2D eigenvalue weighted by molar-refractivity contribution is -0.143. The number of benzene rings is 3. The van der Waals surface area contributed by atoms with E-state index in [1.165, 1.54) is 4.90 Å². The van der Waals surface area contributed by atoms with Crippen LogP contribution in [0.3, 0.4) is 0 Å². The fourth-order valence-corrected chi connectivity index (χ4v) is 4.69. The topological polar surface area (TPSA) is 111 Å². The van der Waals surface area contributed by atoms with Crippen LogP contribution in [0.15, 0.2) is 103 Å². The summed E-state index contributed by atoms with van der Waals surface area (Å²) in [7, 11) is 1.66. The van der Waals surface area contributed by atoms with Crippen molar-refractivity contribution in [3.05, 3.63) is 120 Å². The molecule has 9 nitrogen and oxygen atoms in total. The monoisotopic (exact) mass is 567 g/mol. The molecule has 0 saturated heterocycles. The third-order valence-electron chi connectivity index (χ3n) is 7.22. The van der Waals surface area contributed by atoms with Crippen LogP contribution >= 0.6 is 0 Å². The van der Waals surface area contributed by atoms with Crippen LogP contribution in [0.25, 0.3) is 0 Å². The lowest BCUT2D eigenvalue weighted by Gasteiger charge is -2.36. The standard InChI is InChI=1S/C33H37N5O4/c1-24(34-2)31(40)36-28(20-25-12-6-3-7-13-25)32(41)35-22-30(39)38-19-18-37(23-27-16-10-5-11-17-27)33(42)29(38)21-26-14-8-4-9-15-26/h3-19,24,28-29,34H,20-23H2,1-2H3,(H,35,41)(H,36,40)/t24-,28-,29-/m0/s1. The van der Waals surface area contributed by atoms with E-state index in [1.54, 1.807) is 31.3 Å². The summed E-state index contributed by atoms with van der Waals surface area (Å²) in [6, 6.07) is 26.3. The Balaban J connectivity index is 1.48. The van der Waals surface area contributed by atoms with Crippen molar-refractivity contribution in [2.75, 3.05) is 13.6 Å². The van der Waals surface area contributed by atoms with Crippen LogP contribution < -0.4 is 16.0 Å².